The maximum Gasteiger partial charge on any atom is 0.326 e. The van der Waals surface area contributed by atoms with Crippen molar-refractivity contribution < 1.29 is 23.8 Å². The van der Waals surface area contributed by atoms with Gasteiger partial charge in [-0.1, -0.05) is 0 Å². The van der Waals surface area contributed by atoms with Gasteiger partial charge in [0.1, 0.15) is 17.6 Å². The van der Waals surface area contributed by atoms with Crippen LogP contribution >= 0.6 is 0 Å². The number of nitrogens with zero attached hydrogens (tertiary/aromatic N) is 2. The molecule has 0 radical (unpaired) electrons. The van der Waals surface area contributed by atoms with Gasteiger partial charge < -0.3 is 19.2 Å². The second-order valence-corrected chi connectivity index (χ2v) is 5.65. The predicted molar refractivity (Wildman–Crippen MR) is 84.9 cm³/mol. The van der Waals surface area contributed by atoms with Gasteiger partial charge in [0.15, 0.2) is 5.69 Å². The molecule has 0 spiro atoms. The molecule has 0 aliphatic carbocycles. The van der Waals surface area contributed by atoms with Crippen LogP contribution in [0.2, 0.25) is 0 Å². The number of carboxylic acids is 1. The molecule has 1 aliphatic heterocycles. The van der Waals surface area contributed by atoms with E-state index in [0.717, 1.165) is 0 Å². The molecule has 1 amide bonds. The zero-order valence-corrected chi connectivity index (χ0v) is 13.5. The van der Waals surface area contributed by atoms with Crippen LogP contribution in [0.4, 0.5) is 0 Å². The van der Waals surface area contributed by atoms with Crippen LogP contribution in [0.25, 0.3) is 11.5 Å². The Morgan fingerprint density at radius 3 is 2.67 bits per heavy atom. The van der Waals surface area contributed by atoms with Gasteiger partial charge in [0, 0.05) is 12.1 Å². The number of aromatic nitrogens is 1. The van der Waals surface area contributed by atoms with Gasteiger partial charge >= 0.3 is 5.97 Å². The second-order valence-electron chi connectivity index (χ2n) is 5.65. The number of carbonyl (C=O) groups is 2. The third kappa shape index (κ3) is 2.84. The fourth-order valence-electron chi connectivity index (χ4n) is 2.85. The van der Waals surface area contributed by atoms with Crippen LogP contribution in [-0.2, 0) is 4.79 Å². The van der Waals surface area contributed by atoms with Crippen LogP contribution in [0, 0.1) is 6.92 Å². The van der Waals surface area contributed by atoms with Crippen molar-refractivity contribution in [2.45, 2.75) is 25.8 Å². The number of oxazole rings is 1. The van der Waals surface area contributed by atoms with Gasteiger partial charge in [0.2, 0.25) is 5.89 Å². The monoisotopic (exact) mass is 330 g/mol. The number of benzene rings is 1. The molecule has 0 bridgehead atoms. The number of hydrogen-bond acceptors (Lipinski definition) is 5. The lowest BCUT2D eigenvalue weighted by Crippen LogP contribution is -2.40. The maximum atomic E-state index is 12.6. The topological polar surface area (TPSA) is 92.9 Å². The number of ether oxygens (including phenoxy) is 1. The summed E-state index contributed by atoms with van der Waals surface area (Å²) >= 11 is 0. The molecule has 0 unspecified atom stereocenters. The Bertz CT molecular complexity index is 766. The number of carboxylic acid groups (broad SMARTS) is 1. The number of aliphatic carboxylic acids is 1. The van der Waals surface area contributed by atoms with Gasteiger partial charge in [-0.2, -0.15) is 0 Å². The van der Waals surface area contributed by atoms with Gasteiger partial charge in [0.25, 0.3) is 5.91 Å². The van der Waals surface area contributed by atoms with Crippen molar-refractivity contribution in [1.82, 2.24) is 9.88 Å². The zero-order valence-electron chi connectivity index (χ0n) is 13.5. The quantitative estimate of drug-likeness (QED) is 0.925. The van der Waals surface area contributed by atoms with Crippen molar-refractivity contribution in [2.24, 2.45) is 0 Å². The summed E-state index contributed by atoms with van der Waals surface area (Å²) in [6, 6.07) is 6.33. The molecular weight excluding hydrogens is 312 g/mol. The van der Waals surface area contributed by atoms with Gasteiger partial charge in [-0.25, -0.2) is 9.78 Å². The van der Waals surface area contributed by atoms with E-state index in [9.17, 15) is 14.7 Å². The first-order valence-corrected chi connectivity index (χ1v) is 7.67. The van der Waals surface area contributed by atoms with Crippen LogP contribution in [0.15, 0.2) is 28.7 Å². The van der Waals surface area contributed by atoms with E-state index in [1.54, 1.807) is 38.3 Å². The van der Waals surface area contributed by atoms with Crippen molar-refractivity contribution in [3.8, 4) is 17.2 Å². The van der Waals surface area contributed by atoms with Gasteiger partial charge in [-0.15, -0.1) is 0 Å². The summed E-state index contributed by atoms with van der Waals surface area (Å²) in [5.41, 5.74) is 0.878. The summed E-state index contributed by atoms with van der Waals surface area (Å²) in [5.74, 6) is 0.0180. The number of carbonyl (C=O) groups excluding carboxylic acids is 1. The Morgan fingerprint density at radius 2 is 2.04 bits per heavy atom. The first-order valence-electron chi connectivity index (χ1n) is 7.67. The minimum atomic E-state index is -0.989. The Labute approximate surface area is 138 Å². The lowest BCUT2D eigenvalue weighted by molar-refractivity contribution is -0.141. The molecule has 1 saturated heterocycles. The summed E-state index contributed by atoms with van der Waals surface area (Å²) in [6.07, 6.45) is 1.13. The molecule has 1 fully saturated rings. The first kappa shape index (κ1) is 16.0. The van der Waals surface area contributed by atoms with Crippen molar-refractivity contribution in [3.63, 3.8) is 0 Å². The van der Waals surface area contributed by atoms with Crippen LogP contribution in [0.3, 0.4) is 0 Å². The van der Waals surface area contributed by atoms with E-state index in [0.29, 0.717) is 42.4 Å². The Morgan fingerprint density at radius 1 is 1.33 bits per heavy atom. The number of methoxy groups -OCH3 is 1. The molecule has 1 atom stereocenters. The van der Waals surface area contributed by atoms with Gasteiger partial charge in [-0.3, -0.25) is 4.79 Å². The minimum Gasteiger partial charge on any atom is -0.497 e. The fraction of sp³-hybridized carbons (Fsp3) is 0.353. The molecule has 7 heteroatoms. The number of aryl methyl sites for hydroxylation is 1. The smallest absolute Gasteiger partial charge is 0.326 e. The lowest BCUT2D eigenvalue weighted by atomic mass is 10.2. The summed E-state index contributed by atoms with van der Waals surface area (Å²) in [5, 5.41) is 9.23. The summed E-state index contributed by atoms with van der Waals surface area (Å²) in [7, 11) is 1.58. The first-order chi connectivity index (χ1) is 11.5. The normalized spacial score (nSPS) is 17.1. The highest BCUT2D eigenvalue weighted by Crippen LogP contribution is 2.26. The molecular formula is C17H18N2O5. The SMILES string of the molecule is COc1ccc(-c2nc(C(=O)N3CCC[C@H]3C(=O)O)c(C)o2)cc1. The fourth-order valence-corrected chi connectivity index (χ4v) is 2.85. The lowest BCUT2D eigenvalue weighted by Gasteiger charge is -2.20. The Kier molecular flexibility index (Phi) is 4.24. The minimum absolute atomic E-state index is 0.161. The van der Waals surface area contributed by atoms with E-state index < -0.39 is 17.9 Å². The van der Waals surface area contributed by atoms with Crippen molar-refractivity contribution >= 4 is 11.9 Å². The van der Waals surface area contributed by atoms with E-state index in [4.69, 9.17) is 9.15 Å². The summed E-state index contributed by atoms with van der Waals surface area (Å²) in [4.78, 5) is 29.6. The molecule has 1 aliphatic rings. The predicted octanol–water partition coefficient (Wildman–Crippen LogP) is 2.35. The third-order valence-corrected chi connectivity index (χ3v) is 4.13. The van der Waals surface area contributed by atoms with E-state index >= 15 is 0 Å². The van der Waals surface area contributed by atoms with E-state index in [2.05, 4.69) is 4.98 Å². The molecule has 2 aromatic rings. The van der Waals surface area contributed by atoms with Gasteiger partial charge in [0.05, 0.1) is 7.11 Å². The summed E-state index contributed by atoms with van der Waals surface area (Å²) < 4.78 is 10.7. The number of rotatable bonds is 4. The molecule has 1 aromatic heterocycles. The average molecular weight is 330 g/mol. The average Bonchev–Trinajstić information content (AvgIpc) is 3.21. The number of likely N-dealkylation sites (tertiary alicyclic amines) is 1. The van der Waals surface area contributed by atoms with E-state index in [1.807, 2.05) is 0 Å². The van der Waals surface area contributed by atoms with Gasteiger partial charge in [-0.05, 0) is 44.0 Å². The zero-order chi connectivity index (χ0) is 17.3. The summed E-state index contributed by atoms with van der Waals surface area (Å²) in [6.45, 7) is 2.07. The molecule has 1 aromatic carbocycles. The Hall–Kier alpha value is -2.83. The second kappa shape index (κ2) is 6.35. The van der Waals surface area contributed by atoms with Crippen LogP contribution < -0.4 is 4.74 Å². The molecule has 1 N–H and O–H groups in total. The third-order valence-electron chi connectivity index (χ3n) is 4.13. The van der Waals surface area contributed by atoms with Crippen molar-refractivity contribution in [1.29, 1.82) is 0 Å². The molecule has 7 nitrogen and oxygen atoms in total. The maximum absolute atomic E-state index is 12.6. The Balaban J connectivity index is 1.88. The highest BCUT2D eigenvalue weighted by molar-refractivity contribution is 5.96. The molecule has 24 heavy (non-hydrogen) atoms. The molecule has 126 valence electrons. The van der Waals surface area contributed by atoms with E-state index in [1.165, 1.54) is 4.90 Å². The molecule has 3 rings (SSSR count). The highest BCUT2D eigenvalue weighted by Gasteiger charge is 2.36. The van der Waals surface area contributed by atoms with Crippen molar-refractivity contribution in [3.05, 3.63) is 35.7 Å². The largest absolute Gasteiger partial charge is 0.497 e. The molecule has 0 saturated carbocycles. The van der Waals surface area contributed by atoms with Crippen LogP contribution in [0.5, 0.6) is 5.75 Å². The van der Waals surface area contributed by atoms with Crippen molar-refractivity contribution in [2.75, 3.05) is 13.7 Å². The van der Waals surface area contributed by atoms with E-state index in [-0.39, 0.29) is 5.69 Å². The highest BCUT2D eigenvalue weighted by atomic mass is 16.5. The number of hydrogen-bond donors (Lipinski definition) is 1. The van der Waals surface area contributed by atoms with Crippen LogP contribution in [0.1, 0.15) is 29.1 Å². The van der Waals surface area contributed by atoms with Crippen LogP contribution in [-0.4, -0.2) is 46.6 Å². The standard InChI is InChI=1S/C17H18N2O5/c1-10-14(16(20)19-9-3-4-13(19)17(21)22)18-15(24-10)11-5-7-12(23-2)8-6-11/h5-8,13H,3-4,9H2,1-2H3,(H,21,22)/t13-/m0/s1. The molecule has 2 heterocycles. The number of amides is 1.